The molecule has 30 heavy (non-hydrogen) atoms. The summed E-state index contributed by atoms with van der Waals surface area (Å²) >= 11 is 0. The van der Waals surface area contributed by atoms with E-state index in [-0.39, 0.29) is 6.09 Å². The minimum Gasteiger partial charge on any atom is -0.444 e. The van der Waals surface area contributed by atoms with Crippen molar-refractivity contribution in [2.24, 2.45) is 0 Å². The van der Waals surface area contributed by atoms with E-state index in [0.29, 0.717) is 22.3 Å². The quantitative estimate of drug-likeness (QED) is 0.656. The van der Waals surface area contributed by atoms with E-state index in [9.17, 15) is 13.2 Å². The number of ether oxygens (including phenoxy) is 1. The zero-order chi connectivity index (χ0) is 21.9. The van der Waals surface area contributed by atoms with Crippen LogP contribution in [0.3, 0.4) is 0 Å². The van der Waals surface area contributed by atoms with Crippen molar-refractivity contribution in [2.75, 3.05) is 13.6 Å². The second-order valence-corrected chi connectivity index (χ2v) is 10.9. The summed E-state index contributed by atoms with van der Waals surface area (Å²) in [5.74, 6) is 0.312. The van der Waals surface area contributed by atoms with Crippen LogP contribution in [0.1, 0.15) is 57.1 Å². The van der Waals surface area contributed by atoms with Crippen molar-refractivity contribution in [1.29, 1.82) is 0 Å². The van der Waals surface area contributed by atoms with Gasteiger partial charge >= 0.3 is 6.09 Å². The van der Waals surface area contributed by atoms with Crippen LogP contribution in [0, 0.1) is 0 Å². The van der Waals surface area contributed by atoms with Gasteiger partial charge in [0.15, 0.2) is 0 Å². The molecule has 0 heterocycles. The largest absolute Gasteiger partial charge is 0.444 e. The Hall–Kier alpha value is -2.34. The fourth-order valence-electron chi connectivity index (χ4n) is 3.87. The maximum atomic E-state index is 12.9. The lowest BCUT2D eigenvalue weighted by atomic mass is 9.81. The first-order valence-electron chi connectivity index (χ1n) is 10.4. The highest BCUT2D eigenvalue weighted by molar-refractivity contribution is 7.91. The predicted octanol–water partition coefficient (Wildman–Crippen LogP) is 5.20. The zero-order valence-corrected chi connectivity index (χ0v) is 19.0. The summed E-state index contributed by atoms with van der Waals surface area (Å²) in [5.41, 5.74) is 1.79. The lowest BCUT2D eigenvalue weighted by molar-refractivity contribution is 0.0293. The fourth-order valence-corrected chi connectivity index (χ4v) is 5.21. The number of fused-ring (bicyclic) bond motifs is 1. The standard InChI is InChI=1S/C24H31NO4S/c1-24(2,3)29-23(26)25(4)16-15-18-9-8-10-19-17-21(13-14-22(18)19)30(27,28)20-11-6-5-7-12-20/h5-7,11-14,17-18H,8-10,15-16H2,1-4H3/t18-/m1/s1. The van der Waals surface area contributed by atoms with Gasteiger partial charge in [-0.2, -0.15) is 0 Å². The second-order valence-electron chi connectivity index (χ2n) is 8.96. The molecule has 1 aliphatic rings. The van der Waals surface area contributed by atoms with Crippen molar-refractivity contribution in [3.63, 3.8) is 0 Å². The summed E-state index contributed by atoms with van der Waals surface area (Å²) in [5, 5.41) is 0. The fraction of sp³-hybridized carbons (Fsp3) is 0.458. The Bertz CT molecular complexity index is 994. The Morgan fingerprint density at radius 2 is 1.80 bits per heavy atom. The Balaban J connectivity index is 1.74. The monoisotopic (exact) mass is 429 g/mol. The molecule has 1 aliphatic carbocycles. The lowest BCUT2D eigenvalue weighted by Gasteiger charge is -2.29. The molecule has 0 fully saturated rings. The van der Waals surface area contributed by atoms with Crippen LogP contribution in [0.15, 0.2) is 58.3 Å². The molecule has 0 aromatic heterocycles. The summed E-state index contributed by atoms with van der Waals surface area (Å²) < 4.78 is 31.3. The van der Waals surface area contributed by atoms with Crippen molar-refractivity contribution in [3.8, 4) is 0 Å². The van der Waals surface area contributed by atoms with E-state index in [1.165, 1.54) is 5.56 Å². The number of rotatable bonds is 5. The maximum Gasteiger partial charge on any atom is 0.410 e. The first-order valence-corrected chi connectivity index (χ1v) is 11.9. The molecule has 0 radical (unpaired) electrons. The molecule has 0 unspecified atom stereocenters. The summed E-state index contributed by atoms with van der Waals surface area (Å²) in [6.07, 6.45) is 3.45. The molecule has 2 aromatic rings. The Morgan fingerprint density at radius 1 is 1.10 bits per heavy atom. The van der Waals surface area contributed by atoms with Gasteiger partial charge in [-0.15, -0.1) is 0 Å². The SMILES string of the molecule is CN(CC[C@H]1CCCc2cc(S(=O)(=O)c3ccccc3)ccc21)C(=O)OC(C)(C)C. The molecule has 1 amide bonds. The van der Waals surface area contributed by atoms with Crippen LogP contribution in [-0.4, -0.2) is 38.6 Å². The van der Waals surface area contributed by atoms with Gasteiger partial charge < -0.3 is 9.64 Å². The molecule has 6 heteroatoms. The number of nitrogens with zero attached hydrogens (tertiary/aromatic N) is 1. The van der Waals surface area contributed by atoms with Gasteiger partial charge in [-0.05, 0) is 87.8 Å². The van der Waals surface area contributed by atoms with Crippen molar-refractivity contribution in [2.45, 2.75) is 67.8 Å². The number of carbonyl (C=O) groups excluding carboxylic acids is 1. The molecular weight excluding hydrogens is 398 g/mol. The van der Waals surface area contributed by atoms with E-state index in [1.54, 1.807) is 42.3 Å². The van der Waals surface area contributed by atoms with Gasteiger partial charge in [0.1, 0.15) is 5.60 Å². The van der Waals surface area contributed by atoms with Gasteiger partial charge in [0, 0.05) is 13.6 Å². The number of hydrogen-bond donors (Lipinski definition) is 0. The van der Waals surface area contributed by atoms with E-state index in [4.69, 9.17) is 4.74 Å². The van der Waals surface area contributed by atoms with Crippen LogP contribution in [0.4, 0.5) is 4.79 Å². The molecule has 0 saturated carbocycles. The van der Waals surface area contributed by atoms with Crippen molar-refractivity contribution < 1.29 is 17.9 Å². The average Bonchev–Trinajstić information content (AvgIpc) is 2.70. The van der Waals surface area contributed by atoms with Gasteiger partial charge in [0.2, 0.25) is 9.84 Å². The molecule has 3 rings (SSSR count). The van der Waals surface area contributed by atoms with Crippen LogP contribution in [0.2, 0.25) is 0 Å². The van der Waals surface area contributed by atoms with Gasteiger partial charge in [0.05, 0.1) is 9.79 Å². The van der Waals surface area contributed by atoms with E-state index < -0.39 is 15.4 Å². The number of sulfone groups is 1. The summed E-state index contributed by atoms with van der Waals surface area (Å²) in [4.78, 5) is 14.5. The molecule has 0 N–H and O–H groups in total. The van der Waals surface area contributed by atoms with E-state index in [1.807, 2.05) is 39.0 Å². The van der Waals surface area contributed by atoms with Crippen LogP contribution >= 0.6 is 0 Å². The van der Waals surface area contributed by atoms with E-state index >= 15 is 0 Å². The molecule has 0 saturated heterocycles. The Labute approximate surface area is 180 Å². The highest BCUT2D eigenvalue weighted by atomic mass is 32.2. The van der Waals surface area contributed by atoms with Crippen molar-refractivity contribution in [1.82, 2.24) is 4.90 Å². The van der Waals surface area contributed by atoms with Crippen LogP contribution in [0.25, 0.3) is 0 Å². The maximum absolute atomic E-state index is 12.9. The molecular formula is C24H31NO4S. The number of benzene rings is 2. The Kier molecular flexibility index (Phi) is 6.56. The second kappa shape index (κ2) is 8.80. The summed E-state index contributed by atoms with van der Waals surface area (Å²) in [6.45, 7) is 6.18. The Morgan fingerprint density at radius 3 is 2.47 bits per heavy atom. The third-order valence-corrected chi connectivity index (χ3v) is 7.20. The van der Waals surface area contributed by atoms with Crippen LogP contribution < -0.4 is 0 Å². The smallest absolute Gasteiger partial charge is 0.410 e. The zero-order valence-electron chi connectivity index (χ0n) is 18.2. The normalized spacial score (nSPS) is 16.6. The highest BCUT2D eigenvalue weighted by Crippen LogP contribution is 2.36. The number of amides is 1. The summed E-state index contributed by atoms with van der Waals surface area (Å²) in [6, 6.07) is 14.1. The van der Waals surface area contributed by atoms with Crippen molar-refractivity contribution >= 4 is 15.9 Å². The summed E-state index contributed by atoms with van der Waals surface area (Å²) in [7, 11) is -1.76. The van der Waals surface area contributed by atoms with Gasteiger partial charge in [-0.1, -0.05) is 24.3 Å². The minimum atomic E-state index is -3.51. The predicted molar refractivity (Wildman–Crippen MR) is 117 cm³/mol. The van der Waals surface area contributed by atoms with Gasteiger partial charge in [-0.25, -0.2) is 13.2 Å². The third kappa shape index (κ3) is 5.22. The minimum absolute atomic E-state index is 0.312. The topological polar surface area (TPSA) is 63.7 Å². The molecule has 2 aromatic carbocycles. The van der Waals surface area contributed by atoms with Gasteiger partial charge in [0.25, 0.3) is 0 Å². The van der Waals surface area contributed by atoms with Crippen LogP contribution in [-0.2, 0) is 21.0 Å². The highest BCUT2D eigenvalue weighted by Gasteiger charge is 2.25. The van der Waals surface area contributed by atoms with E-state index in [2.05, 4.69) is 0 Å². The number of aryl methyl sites for hydroxylation is 1. The molecule has 0 aliphatic heterocycles. The lowest BCUT2D eigenvalue weighted by Crippen LogP contribution is -2.35. The number of hydrogen-bond acceptors (Lipinski definition) is 4. The average molecular weight is 430 g/mol. The first kappa shape index (κ1) is 22.3. The first-order chi connectivity index (χ1) is 14.1. The molecule has 0 bridgehead atoms. The molecule has 0 spiro atoms. The van der Waals surface area contributed by atoms with Crippen molar-refractivity contribution in [3.05, 3.63) is 59.7 Å². The molecule has 162 valence electrons. The van der Waals surface area contributed by atoms with Crippen LogP contribution in [0.5, 0.6) is 0 Å². The van der Waals surface area contributed by atoms with E-state index in [0.717, 1.165) is 31.2 Å². The van der Waals surface area contributed by atoms with Gasteiger partial charge in [-0.3, -0.25) is 0 Å². The molecule has 1 atom stereocenters. The molecule has 5 nitrogen and oxygen atoms in total. The number of carbonyl (C=O) groups is 1. The third-order valence-electron chi connectivity index (χ3n) is 5.43.